The van der Waals surface area contributed by atoms with E-state index in [0.717, 1.165) is 11.1 Å². The Kier molecular flexibility index (Phi) is 6.11. The van der Waals surface area contributed by atoms with Crippen molar-refractivity contribution in [1.82, 2.24) is 15.2 Å². The fraction of sp³-hybridized carbons (Fsp3) is 0.235. The Hall–Kier alpha value is -2.89. The lowest BCUT2D eigenvalue weighted by atomic mass is 10.2. The molecule has 0 spiro atoms. The number of pyridine rings is 1. The third kappa shape index (κ3) is 5.78. The Morgan fingerprint density at radius 1 is 1.13 bits per heavy atom. The summed E-state index contributed by atoms with van der Waals surface area (Å²) in [7, 11) is 1.67. The summed E-state index contributed by atoms with van der Waals surface area (Å²) >= 11 is 0. The number of amides is 2. The molecule has 0 radical (unpaired) electrons. The summed E-state index contributed by atoms with van der Waals surface area (Å²) in [6.45, 7) is 0.504. The molecule has 1 N–H and O–H groups in total. The van der Waals surface area contributed by atoms with E-state index in [1.165, 1.54) is 4.90 Å². The zero-order chi connectivity index (χ0) is 16.5. The minimum absolute atomic E-state index is 0.107. The van der Waals surface area contributed by atoms with Gasteiger partial charge in [-0.25, -0.2) is 4.79 Å². The molecule has 6 nitrogen and oxygen atoms in total. The number of likely N-dealkylation sites (N-methyl/N-ethyl adjacent to an activating group) is 1. The maximum Gasteiger partial charge on any atom is 0.407 e. The average molecular weight is 313 g/mol. The molecule has 0 atom stereocenters. The highest BCUT2D eigenvalue weighted by Crippen LogP contribution is 2.02. The van der Waals surface area contributed by atoms with Crippen molar-refractivity contribution in [2.24, 2.45) is 0 Å². The van der Waals surface area contributed by atoms with Gasteiger partial charge in [-0.3, -0.25) is 9.78 Å². The van der Waals surface area contributed by atoms with Gasteiger partial charge in [0.25, 0.3) is 0 Å². The Balaban J connectivity index is 1.70. The van der Waals surface area contributed by atoms with E-state index in [9.17, 15) is 9.59 Å². The first-order chi connectivity index (χ1) is 11.1. The van der Waals surface area contributed by atoms with Gasteiger partial charge in [-0.2, -0.15) is 0 Å². The van der Waals surface area contributed by atoms with Gasteiger partial charge >= 0.3 is 6.09 Å². The van der Waals surface area contributed by atoms with Crippen LogP contribution in [0.15, 0.2) is 54.9 Å². The van der Waals surface area contributed by atoms with Gasteiger partial charge in [0.1, 0.15) is 13.2 Å². The number of hydrogen-bond donors (Lipinski definition) is 1. The predicted octanol–water partition coefficient (Wildman–Crippen LogP) is 1.97. The largest absolute Gasteiger partial charge is 0.445 e. The smallest absolute Gasteiger partial charge is 0.407 e. The van der Waals surface area contributed by atoms with Crippen molar-refractivity contribution in [3.05, 3.63) is 66.0 Å². The zero-order valence-electron chi connectivity index (χ0n) is 12.9. The summed E-state index contributed by atoms with van der Waals surface area (Å²) in [6, 6.07) is 13.0. The van der Waals surface area contributed by atoms with Crippen molar-refractivity contribution in [3.63, 3.8) is 0 Å². The normalized spacial score (nSPS) is 9.96. The molecular formula is C17H19N3O3. The minimum atomic E-state index is -0.614. The lowest BCUT2D eigenvalue weighted by Gasteiger charge is -2.17. The second-order valence-electron chi connectivity index (χ2n) is 5.03. The highest BCUT2D eigenvalue weighted by atomic mass is 16.5. The van der Waals surface area contributed by atoms with Crippen LogP contribution in [0.1, 0.15) is 11.1 Å². The molecule has 0 aliphatic carbocycles. The van der Waals surface area contributed by atoms with Gasteiger partial charge in [0, 0.05) is 26.0 Å². The minimum Gasteiger partial charge on any atom is -0.445 e. The molecule has 1 aromatic carbocycles. The third-order valence-electron chi connectivity index (χ3n) is 3.16. The topological polar surface area (TPSA) is 71.5 Å². The van der Waals surface area contributed by atoms with Crippen LogP contribution in [0.4, 0.5) is 4.79 Å². The van der Waals surface area contributed by atoms with Crippen LogP contribution in [-0.4, -0.2) is 35.5 Å². The Bertz CT molecular complexity index is 632. The quantitative estimate of drug-likeness (QED) is 0.885. The number of ether oxygens (including phenoxy) is 1. The average Bonchev–Trinajstić information content (AvgIpc) is 2.59. The molecule has 0 saturated heterocycles. The Labute approximate surface area is 135 Å². The first-order valence-electron chi connectivity index (χ1n) is 7.22. The van der Waals surface area contributed by atoms with Gasteiger partial charge < -0.3 is 15.0 Å². The van der Waals surface area contributed by atoms with Crippen LogP contribution in [-0.2, 0) is 22.7 Å². The number of carbonyl (C=O) groups is 2. The molecule has 0 saturated carbocycles. The first kappa shape index (κ1) is 16.5. The molecule has 1 heterocycles. The molecular weight excluding hydrogens is 294 g/mol. The summed E-state index contributed by atoms with van der Waals surface area (Å²) in [4.78, 5) is 29.1. The lowest BCUT2D eigenvalue weighted by Crippen LogP contribution is -2.38. The zero-order valence-corrected chi connectivity index (χ0v) is 12.9. The van der Waals surface area contributed by atoms with Gasteiger partial charge in [-0.1, -0.05) is 36.4 Å². The number of alkyl carbamates (subject to hydrolysis) is 1. The van der Waals surface area contributed by atoms with Crippen LogP contribution in [0.25, 0.3) is 0 Å². The van der Waals surface area contributed by atoms with Crippen molar-refractivity contribution in [2.75, 3.05) is 13.6 Å². The van der Waals surface area contributed by atoms with Gasteiger partial charge in [0.15, 0.2) is 0 Å². The summed E-state index contributed by atoms with van der Waals surface area (Å²) in [6.07, 6.45) is 2.76. The molecule has 0 bridgehead atoms. The van der Waals surface area contributed by atoms with Crippen LogP contribution in [0, 0.1) is 0 Å². The molecule has 2 aromatic rings. The fourth-order valence-corrected chi connectivity index (χ4v) is 1.91. The third-order valence-corrected chi connectivity index (χ3v) is 3.16. The first-order valence-corrected chi connectivity index (χ1v) is 7.22. The van der Waals surface area contributed by atoms with Crippen LogP contribution in [0.5, 0.6) is 0 Å². The molecule has 1 aromatic heterocycles. The number of nitrogens with zero attached hydrogens (tertiary/aromatic N) is 2. The van der Waals surface area contributed by atoms with E-state index in [0.29, 0.717) is 6.54 Å². The highest BCUT2D eigenvalue weighted by molar-refractivity contribution is 5.82. The molecule has 23 heavy (non-hydrogen) atoms. The molecule has 0 unspecified atom stereocenters. The SMILES string of the molecule is CN(Cc1cccnc1)C(=O)CNC(=O)OCc1ccccc1. The van der Waals surface area contributed by atoms with Gasteiger partial charge in [-0.15, -0.1) is 0 Å². The van der Waals surface area contributed by atoms with Crippen molar-refractivity contribution in [3.8, 4) is 0 Å². The van der Waals surface area contributed by atoms with Gasteiger partial charge in [0.2, 0.25) is 5.91 Å². The van der Waals surface area contributed by atoms with Crippen LogP contribution in [0.2, 0.25) is 0 Å². The standard InChI is InChI=1S/C17H19N3O3/c1-20(12-15-8-5-9-18-10-15)16(21)11-19-17(22)23-13-14-6-3-2-4-7-14/h2-10H,11-13H2,1H3,(H,19,22). The second-order valence-corrected chi connectivity index (χ2v) is 5.03. The van der Waals surface area contributed by atoms with Gasteiger partial charge in [0.05, 0.1) is 0 Å². The summed E-state index contributed by atoms with van der Waals surface area (Å²) in [5.74, 6) is -0.203. The maximum atomic E-state index is 12.0. The lowest BCUT2D eigenvalue weighted by molar-refractivity contribution is -0.129. The summed E-state index contributed by atoms with van der Waals surface area (Å²) in [5, 5.41) is 2.45. The molecule has 120 valence electrons. The maximum absolute atomic E-state index is 12.0. The highest BCUT2D eigenvalue weighted by Gasteiger charge is 2.11. The molecule has 0 aliphatic rings. The molecule has 2 rings (SSSR count). The Morgan fingerprint density at radius 2 is 1.87 bits per heavy atom. The summed E-state index contributed by atoms with van der Waals surface area (Å²) in [5.41, 5.74) is 1.82. The number of nitrogens with one attached hydrogen (secondary N) is 1. The molecule has 2 amide bonds. The van der Waals surface area contributed by atoms with E-state index in [1.807, 2.05) is 42.5 Å². The van der Waals surface area contributed by atoms with Gasteiger partial charge in [-0.05, 0) is 17.2 Å². The van der Waals surface area contributed by atoms with E-state index in [1.54, 1.807) is 19.4 Å². The predicted molar refractivity (Wildman–Crippen MR) is 85.3 cm³/mol. The monoisotopic (exact) mass is 313 g/mol. The number of aromatic nitrogens is 1. The van der Waals surface area contributed by atoms with Crippen LogP contribution >= 0.6 is 0 Å². The van der Waals surface area contributed by atoms with E-state index < -0.39 is 6.09 Å². The van der Waals surface area contributed by atoms with Crippen LogP contribution < -0.4 is 5.32 Å². The van der Waals surface area contributed by atoms with E-state index >= 15 is 0 Å². The van der Waals surface area contributed by atoms with Crippen molar-refractivity contribution < 1.29 is 14.3 Å². The molecule has 0 fully saturated rings. The number of carbonyl (C=O) groups excluding carboxylic acids is 2. The summed E-state index contributed by atoms with van der Waals surface area (Å²) < 4.78 is 5.05. The van der Waals surface area contributed by atoms with Crippen molar-refractivity contribution in [2.45, 2.75) is 13.2 Å². The molecule has 6 heteroatoms. The van der Waals surface area contributed by atoms with E-state index in [2.05, 4.69) is 10.3 Å². The molecule has 0 aliphatic heterocycles. The van der Waals surface area contributed by atoms with Crippen molar-refractivity contribution in [1.29, 1.82) is 0 Å². The number of benzene rings is 1. The van der Waals surface area contributed by atoms with Crippen LogP contribution in [0.3, 0.4) is 0 Å². The van der Waals surface area contributed by atoms with E-state index in [-0.39, 0.29) is 19.1 Å². The number of rotatable bonds is 6. The van der Waals surface area contributed by atoms with E-state index in [4.69, 9.17) is 4.74 Å². The second kappa shape index (κ2) is 8.53. The fourth-order valence-electron chi connectivity index (χ4n) is 1.91. The van der Waals surface area contributed by atoms with Crippen molar-refractivity contribution >= 4 is 12.0 Å². The Morgan fingerprint density at radius 3 is 2.57 bits per heavy atom. The number of hydrogen-bond acceptors (Lipinski definition) is 4.